The van der Waals surface area contributed by atoms with Crippen molar-refractivity contribution >= 4 is 22.6 Å². The van der Waals surface area contributed by atoms with Gasteiger partial charge in [0.2, 0.25) is 0 Å². The highest BCUT2D eigenvalue weighted by Gasteiger charge is 2.28. The van der Waals surface area contributed by atoms with Crippen molar-refractivity contribution in [2.75, 3.05) is 0 Å². The number of nitrogens with two attached hydrogens (primary N) is 1. The predicted octanol–water partition coefficient (Wildman–Crippen LogP) is 4.01. The molecule has 0 spiro atoms. The van der Waals surface area contributed by atoms with Crippen molar-refractivity contribution in [3.05, 3.63) is 33.4 Å². The van der Waals surface area contributed by atoms with Gasteiger partial charge in [-0.25, -0.2) is 0 Å². The Morgan fingerprint density at radius 3 is 2.83 bits per heavy atom. The van der Waals surface area contributed by atoms with Crippen molar-refractivity contribution in [1.29, 1.82) is 0 Å². The second-order valence-electron chi connectivity index (χ2n) is 5.37. The summed E-state index contributed by atoms with van der Waals surface area (Å²) in [7, 11) is 0. The summed E-state index contributed by atoms with van der Waals surface area (Å²) in [5, 5.41) is 0. The first-order valence-electron chi connectivity index (χ1n) is 6.96. The summed E-state index contributed by atoms with van der Waals surface area (Å²) >= 11 is 2.41. The van der Waals surface area contributed by atoms with Gasteiger partial charge in [-0.15, -0.1) is 0 Å². The highest BCUT2D eigenvalue weighted by molar-refractivity contribution is 14.1. The van der Waals surface area contributed by atoms with Crippen molar-refractivity contribution in [1.82, 2.24) is 5.43 Å². The molecule has 1 aliphatic carbocycles. The Kier molecular flexibility index (Phi) is 5.45. The Hall–Kier alpha value is -0.130. The molecular weight excluding hydrogens is 335 g/mol. The number of nitrogens with one attached hydrogen (secondary N) is 1. The Morgan fingerprint density at radius 1 is 1.39 bits per heavy atom. The third kappa shape index (κ3) is 3.25. The molecule has 3 heteroatoms. The zero-order valence-corrected chi connectivity index (χ0v) is 13.2. The van der Waals surface area contributed by atoms with E-state index in [2.05, 4.69) is 59.2 Å². The van der Waals surface area contributed by atoms with Gasteiger partial charge in [-0.1, -0.05) is 44.4 Å². The van der Waals surface area contributed by atoms with E-state index in [9.17, 15) is 0 Å². The molecule has 0 aliphatic heterocycles. The summed E-state index contributed by atoms with van der Waals surface area (Å²) in [6, 6.07) is 8.89. The summed E-state index contributed by atoms with van der Waals surface area (Å²) in [6.45, 7) is 2.31. The summed E-state index contributed by atoms with van der Waals surface area (Å²) in [6.07, 6.45) is 6.67. The molecule has 0 saturated heterocycles. The van der Waals surface area contributed by atoms with Crippen LogP contribution in [0.4, 0.5) is 0 Å². The molecule has 0 aromatic heterocycles. The van der Waals surface area contributed by atoms with Crippen molar-refractivity contribution in [2.24, 2.45) is 17.7 Å². The molecular formula is C15H23IN2. The second kappa shape index (κ2) is 6.87. The van der Waals surface area contributed by atoms with Gasteiger partial charge in [0.15, 0.2) is 0 Å². The van der Waals surface area contributed by atoms with Gasteiger partial charge in [-0.3, -0.25) is 11.3 Å². The van der Waals surface area contributed by atoms with Crippen LogP contribution in [0.25, 0.3) is 0 Å². The van der Waals surface area contributed by atoms with Crippen LogP contribution in [0.1, 0.15) is 50.6 Å². The SMILES string of the molecule is CCC1CCCC(C(NN)c2ccccc2I)C1. The third-order valence-corrected chi connectivity index (χ3v) is 5.27. The second-order valence-corrected chi connectivity index (χ2v) is 6.53. The summed E-state index contributed by atoms with van der Waals surface area (Å²) in [5.74, 6) is 7.41. The lowest BCUT2D eigenvalue weighted by Crippen LogP contribution is -2.36. The number of halogens is 1. The van der Waals surface area contributed by atoms with E-state index in [-0.39, 0.29) is 0 Å². The lowest BCUT2D eigenvalue weighted by atomic mass is 9.75. The Bertz CT molecular complexity index is 381. The Morgan fingerprint density at radius 2 is 2.17 bits per heavy atom. The third-order valence-electron chi connectivity index (χ3n) is 4.29. The van der Waals surface area contributed by atoms with Crippen LogP contribution in [0.2, 0.25) is 0 Å². The first-order chi connectivity index (χ1) is 8.76. The Labute approximate surface area is 124 Å². The maximum absolute atomic E-state index is 5.84. The van der Waals surface area contributed by atoms with Crippen LogP contribution in [0.5, 0.6) is 0 Å². The van der Waals surface area contributed by atoms with Gasteiger partial charge < -0.3 is 0 Å². The van der Waals surface area contributed by atoms with E-state index < -0.39 is 0 Å². The molecule has 0 bridgehead atoms. The maximum Gasteiger partial charge on any atom is 0.0498 e. The molecule has 100 valence electrons. The molecule has 2 nitrogen and oxygen atoms in total. The van der Waals surface area contributed by atoms with Gasteiger partial charge in [-0.05, 0) is 58.9 Å². The normalized spacial score (nSPS) is 25.9. The summed E-state index contributed by atoms with van der Waals surface area (Å²) in [5.41, 5.74) is 4.43. The van der Waals surface area contributed by atoms with Crippen molar-refractivity contribution < 1.29 is 0 Å². The fourth-order valence-corrected chi connectivity index (χ4v) is 3.94. The molecule has 1 aromatic rings. The first kappa shape index (κ1) is 14.3. The molecule has 0 heterocycles. The molecule has 1 aliphatic rings. The molecule has 3 unspecified atom stereocenters. The minimum Gasteiger partial charge on any atom is -0.271 e. The van der Waals surface area contributed by atoms with E-state index in [1.165, 1.54) is 41.2 Å². The molecule has 18 heavy (non-hydrogen) atoms. The van der Waals surface area contributed by atoms with Gasteiger partial charge in [-0.2, -0.15) is 0 Å². The van der Waals surface area contributed by atoms with E-state index in [1.807, 2.05) is 0 Å². The number of hydrogen-bond acceptors (Lipinski definition) is 2. The average Bonchev–Trinajstić information content (AvgIpc) is 2.42. The molecule has 1 saturated carbocycles. The van der Waals surface area contributed by atoms with Crippen LogP contribution < -0.4 is 11.3 Å². The van der Waals surface area contributed by atoms with E-state index >= 15 is 0 Å². The standard InChI is InChI=1S/C15H23IN2/c1-2-11-6-5-7-12(10-11)15(18-17)13-8-3-4-9-14(13)16/h3-4,8-9,11-12,15,18H,2,5-7,10,17H2,1H3. The zero-order chi connectivity index (χ0) is 13.0. The Balaban J connectivity index is 2.15. The maximum atomic E-state index is 5.84. The van der Waals surface area contributed by atoms with Crippen LogP contribution in [-0.2, 0) is 0 Å². The van der Waals surface area contributed by atoms with Crippen LogP contribution >= 0.6 is 22.6 Å². The van der Waals surface area contributed by atoms with E-state index in [0.717, 1.165) is 5.92 Å². The highest BCUT2D eigenvalue weighted by atomic mass is 127. The number of hydrogen-bond donors (Lipinski definition) is 2. The zero-order valence-electron chi connectivity index (χ0n) is 11.0. The van der Waals surface area contributed by atoms with Crippen molar-refractivity contribution in [2.45, 2.75) is 45.1 Å². The highest BCUT2D eigenvalue weighted by Crippen LogP contribution is 2.39. The predicted molar refractivity (Wildman–Crippen MR) is 85.0 cm³/mol. The van der Waals surface area contributed by atoms with E-state index in [4.69, 9.17) is 5.84 Å². The monoisotopic (exact) mass is 358 g/mol. The van der Waals surface area contributed by atoms with E-state index in [1.54, 1.807) is 0 Å². The van der Waals surface area contributed by atoms with Gasteiger partial charge >= 0.3 is 0 Å². The smallest absolute Gasteiger partial charge is 0.0498 e. The fourth-order valence-electron chi connectivity index (χ4n) is 3.21. The molecule has 3 N–H and O–H groups in total. The van der Waals surface area contributed by atoms with Crippen molar-refractivity contribution in [3.8, 4) is 0 Å². The van der Waals surface area contributed by atoms with E-state index in [0.29, 0.717) is 12.0 Å². The minimum absolute atomic E-state index is 0.312. The number of benzene rings is 1. The van der Waals surface area contributed by atoms with Crippen LogP contribution in [0.3, 0.4) is 0 Å². The molecule has 0 amide bonds. The van der Waals surface area contributed by atoms with Gasteiger partial charge in [0.25, 0.3) is 0 Å². The topological polar surface area (TPSA) is 38.0 Å². The molecule has 2 rings (SSSR count). The van der Waals surface area contributed by atoms with Crippen LogP contribution in [0, 0.1) is 15.4 Å². The van der Waals surface area contributed by atoms with Gasteiger partial charge in [0, 0.05) is 9.61 Å². The molecule has 0 radical (unpaired) electrons. The summed E-state index contributed by atoms with van der Waals surface area (Å²) in [4.78, 5) is 0. The average molecular weight is 358 g/mol. The number of rotatable bonds is 4. The quantitative estimate of drug-likeness (QED) is 0.485. The van der Waals surface area contributed by atoms with Crippen molar-refractivity contribution in [3.63, 3.8) is 0 Å². The molecule has 1 fully saturated rings. The largest absolute Gasteiger partial charge is 0.271 e. The fraction of sp³-hybridized carbons (Fsp3) is 0.600. The first-order valence-corrected chi connectivity index (χ1v) is 8.04. The lowest BCUT2D eigenvalue weighted by Gasteiger charge is -2.34. The van der Waals surface area contributed by atoms with Gasteiger partial charge in [0.05, 0.1) is 0 Å². The number of hydrazine groups is 1. The van der Waals surface area contributed by atoms with Gasteiger partial charge in [0.1, 0.15) is 0 Å². The molecule has 3 atom stereocenters. The lowest BCUT2D eigenvalue weighted by molar-refractivity contribution is 0.209. The minimum atomic E-state index is 0.312. The van der Waals surface area contributed by atoms with Crippen LogP contribution in [0.15, 0.2) is 24.3 Å². The summed E-state index contributed by atoms with van der Waals surface area (Å²) < 4.78 is 1.32. The van der Waals surface area contributed by atoms with Crippen LogP contribution in [-0.4, -0.2) is 0 Å². The molecule has 1 aromatic carbocycles.